The molecule has 2 heterocycles. The van der Waals surface area contributed by atoms with Crippen LogP contribution in [0.15, 0.2) is 30.5 Å². The van der Waals surface area contributed by atoms with Crippen molar-refractivity contribution in [1.82, 2.24) is 9.88 Å². The van der Waals surface area contributed by atoms with Crippen molar-refractivity contribution in [1.29, 1.82) is 0 Å². The van der Waals surface area contributed by atoms with E-state index in [1.807, 2.05) is 6.07 Å². The molecule has 1 fully saturated rings. The van der Waals surface area contributed by atoms with Crippen molar-refractivity contribution in [2.45, 2.75) is 25.8 Å². The minimum absolute atomic E-state index is 0.163. The van der Waals surface area contributed by atoms with Crippen LogP contribution in [0.1, 0.15) is 19.8 Å². The van der Waals surface area contributed by atoms with E-state index < -0.39 is 11.9 Å². The highest BCUT2D eigenvalue weighted by Gasteiger charge is 2.35. The molecule has 132 valence electrons. The minimum atomic E-state index is -0.862. The van der Waals surface area contributed by atoms with Crippen molar-refractivity contribution in [2.24, 2.45) is 5.92 Å². The first-order valence-electron chi connectivity index (χ1n) is 8.17. The number of amides is 1. The second kappa shape index (κ2) is 7.27. The van der Waals surface area contributed by atoms with Crippen molar-refractivity contribution >= 4 is 34.4 Å². The lowest BCUT2D eigenvalue weighted by atomic mass is 9.90. The number of fused-ring (bicyclic) bond motifs is 1. The molecular formula is C18H19ClN2O4. The molecule has 1 aliphatic heterocycles. The molecule has 0 unspecified atom stereocenters. The van der Waals surface area contributed by atoms with Gasteiger partial charge in [-0.1, -0.05) is 11.6 Å². The first-order valence-corrected chi connectivity index (χ1v) is 8.55. The van der Waals surface area contributed by atoms with Gasteiger partial charge in [-0.25, -0.2) is 0 Å². The van der Waals surface area contributed by atoms with Crippen molar-refractivity contribution in [2.75, 3.05) is 13.2 Å². The van der Waals surface area contributed by atoms with E-state index in [1.54, 1.807) is 36.2 Å². The predicted molar refractivity (Wildman–Crippen MR) is 93.8 cm³/mol. The summed E-state index contributed by atoms with van der Waals surface area (Å²) in [5, 5.41) is 10.6. The molecule has 2 atom stereocenters. The van der Waals surface area contributed by atoms with Crippen molar-refractivity contribution < 1.29 is 19.4 Å². The van der Waals surface area contributed by atoms with E-state index in [0.717, 1.165) is 5.39 Å². The lowest BCUT2D eigenvalue weighted by Crippen LogP contribution is -2.50. The molecule has 1 saturated heterocycles. The maximum atomic E-state index is 12.5. The number of aromatic nitrogens is 1. The molecule has 0 saturated carbocycles. The molecule has 0 radical (unpaired) electrons. The summed E-state index contributed by atoms with van der Waals surface area (Å²) in [6.45, 7) is 2.16. The fourth-order valence-corrected chi connectivity index (χ4v) is 3.49. The van der Waals surface area contributed by atoms with Gasteiger partial charge in [0.1, 0.15) is 11.3 Å². The molecule has 0 bridgehead atoms. The van der Waals surface area contributed by atoms with Crippen LogP contribution in [0.4, 0.5) is 0 Å². The zero-order valence-corrected chi connectivity index (χ0v) is 14.6. The molecule has 1 aliphatic rings. The number of piperidine rings is 1. The van der Waals surface area contributed by atoms with E-state index in [0.29, 0.717) is 35.7 Å². The highest BCUT2D eigenvalue weighted by atomic mass is 35.5. The van der Waals surface area contributed by atoms with Gasteiger partial charge in [0.05, 0.1) is 10.9 Å². The third-order valence-electron chi connectivity index (χ3n) is 4.66. The first-order chi connectivity index (χ1) is 12.0. The summed E-state index contributed by atoms with van der Waals surface area (Å²) in [6, 6.07) is 6.66. The number of pyridine rings is 1. The van der Waals surface area contributed by atoms with Crippen molar-refractivity contribution in [3.05, 3.63) is 35.5 Å². The van der Waals surface area contributed by atoms with Crippen LogP contribution in [0.25, 0.3) is 10.9 Å². The van der Waals surface area contributed by atoms with Gasteiger partial charge < -0.3 is 14.7 Å². The Morgan fingerprint density at radius 2 is 2.20 bits per heavy atom. The Morgan fingerprint density at radius 1 is 1.40 bits per heavy atom. The van der Waals surface area contributed by atoms with Gasteiger partial charge in [-0.05, 0) is 44.0 Å². The minimum Gasteiger partial charge on any atom is -0.481 e. The maximum absolute atomic E-state index is 12.5. The Balaban J connectivity index is 1.73. The van der Waals surface area contributed by atoms with Crippen LogP contribution in [0, 0.1) is 5.92 Å². The predicted octanol–water partition coefficient (Wildman–Crippen LogP) is 2.98. The molecule has 3 rings (SSSR count). The number of hydrogen-bond donors (Lipinski definition) is 1. The van der Waals surface area contributed by atoms with E-state index in [4.69, 9.17) is 16.3 Å². The summed E-state index contributed by atoms with van der Waals surface area (Å²) in [7, 11) is 0. The number of carboxylic acids is 1. The van der Waals surface area contributed by atoms with Crippen LogP contribution in [0.5, 0.6) is 5.75 Å². The Kier molecular flexibility index (Phi) is 5.08. The zero-order chi connectivity index (χ0) is 18.0. The van der Waals surface area contributed by atoms with Gasteiger partial charge in [-0.2, -0.15) is 0 Å². The highest BCUT2D eigenvalue weighted by Crippen LogP contribution is 2.30. The Hall–Kier alpha value is -2.34. The largest absolute Gasteiger partial charge is 0.481 e. The maximum Gasteiger partial charge on any atom is 0.308 e. The third kappa shape index (κ3) is 3.54. The van der Waals surface area contributed by atoms with Gasteiger partial charge in [-0.3, -0.25) is 14.6 Å². The first kappa shape index (κ1) is 17.5. The molecule has 1 aromatic carbocycles. The number of carbonyl (C=O) groups excluding carboxylic acids is 1. The molecule has 7 heteroatoms. The van der Waals surface area contributed by atoms with Crippen LogP contribution in [0.3, 0.4) is 0 Å². The van der Waals surface area contributed by atoms with Gasteiger partial charge in [-0.15, -0.1) is 0 Å². The van der Waals surface area contributed by atoms with Crippen LogP contribution in [0.2, 0.25) is 5.02 Å². The SMILES string of the molecule is C[C@@H]1[C@H](C(=O)O)CCCN1C(=O)COc1ccc(Cl)c2cccnc12. The van der Waals surface area contributed by atoms with E-state index in [9.17, 15) is 14.7 Å². The lowest BCUT2D eigenvalue weighted by molar-refractivity contribution is -0.149. The molecule has 0 aliphatic carbocycles. The van der Waals surface area contributed by atoms with Crippen LogP contribution in [-0.4, -0.2) is 46.1 Å². The Morgan fingerprint density at radius 3 is 2.96 bits per heavy atom. The number of hydrogen-bond acceptors (Lipinski definition) is 4. The van der Waals surface area contributed by atoms with E-state index in [1.165, 1.54) is 0 Å². The molecule has 2 aromatic rings. The topological polar surface area (TPSA) is 79.7 Å². The van der Waals surface area contributed by atoms with Gasteiger partial charge in [0.15, 0.2) is 6.61 Å². The van der Waals surface area contributed by atoms with Gasteiger partial charge in [0, 0.05) is 24.2 Å². The normalized spacial score (nSPS) is 20.5. The zero-order valence-electron chi connectivity index (χ0n) is 13.8. The van der Waals surface area contributed by atoms with E-state index in [-0.39, 0.29) is 18.6 Å². The molecular weight excluding hydrogens is 344 g/mol. The number of carbonyl (C=O) groups is 2. The Labute approximate surface area is 150 Å². The number of rotatable bonds is 4. The highest BCUT2D eigenvalue weighted by molar-refractivity contribution is 6.35. The molecule has 0 spiro atoms. The number of nitrogens with zero attached hydrogens (tertiary/aromatic N) is 2. The standard InChI is InChI=1S/C18H19ClN2O4/c1-11-12(18(23)24)5-3-9-21(11)16(22)10-25-15-7-6-14(19)13-4-2-8-20-17(13)15/h2,4,6-8,11-12H,3,5,9-10H2,1H3,(H,23,24)/t11-,12-/m1/s1. The summed E-state index contributed by atoms with van der Waals surface area (Å²) in [5.41, 5.74) is 0.595. The van der Waals surface area contributed by atoms with Crippen molar-refractivity contribution in [3.8, 4) is 5.75 Å². The number of benzene rings is 1. The number of carboxylic acid groups (broad SMARTS) is 1. The second-order valence-electron chi connectivity index (χ2n) is 6.15. The Bertz CT molecular complexity index is 811. The van der Waals surface area contributed by atoms with Crippen molar-refractivity contribution in [3.63, 3.8) is 0 Å². The average Bonchev–Trinajstić information content (AvgIpc) is 2.61. The van der Waals surface area contributed by atoms with Crippen LogP contribution >= 0.6 is 11.6 Å². The monoisotopic (exact) mass is 362 g/mol. The number of ether oxygens (including phenoxy) is 1. The fourth-order valence-electron chi connectivity index (χ4n) is 3.28. The third-order valence-corrected chi connectivity index (χ3v) is 4.99. The molecule has 6 nitrogen and oxygen atoms in total. The summed E-state index contributed by atoms with van der Waals surface area (Å²) >= 11 is 6.15. The number of halogens is 1. The summed E-state index contributed by atoms with van der Waals surface area (Å²) in [6.07, 6.45) is 2.91. The second-order valence-corrected chi connectivity index (χ2v) is 6.56. The van der Waals surface area contributed by atoms with E-state index in [2.05, 4.69) is 4.98 Å². The molecule has 25 heavy (non-hydrogen) atoms. The smallest absolute Gasteiger partial charge is 0.308 e. The summed E-state index contributed by atoms with van der Waals surface area (Å²) < 4.78 is 5.67. The molecule has 1 aromatic heterocycles. The van der Waals surface area contributed by atoms with E-state index >= 15 is 0 Å². The quantitative estimate of drug-likeness (QED) is 0.904. The van der Waals surface area contributed by atoms with Crippen LogP contribution < -0.4 is 4.74 Å². The number of likely N-dealkylation sites (tertiary alicyclic amines) is 1. The summed E-state index contributed by atoms with van der Waals surface area (Å²) in [4.78, 5) is 29.7. The average molecular weight is 363 g/mol. The summed E-state index contributed by atoms with van der Waals surface area (Å²) in [5.74, 6) is -1.14. The van der Waals surface area contributed by atoms with Crippen LogP contribution in [-0.2, 0) is 9.59 Å². The van der Waals surface area contributed by atoms with Gasteiger partial charge in [0.25, 0.3) is 5.91 Å². The van der Waals surface area contributed by atoms with Gasteiger partial charge in [0.2, 0.25) is 0 Å². The molecule has 1 amide bonds. The number of aliphatic carboxylic acids is 1. The lowest BCUT2D eigenvalue weighted by Gasteiger charge is -2.37. The molecule has 1 N–H and O–H groups in total. The van der Waals surface area contributed by atoms with Gasteiger partial charge >= 0.3 is 5.97 Å². The fraction of sp³-hybridized carbons (Fsp3) is 0.389.